The van der Waals surface area contributed by atoms with E-state index < -0.39 is 0 Å². The molecule has 2 aromatic heterocycles. The lowest BCUT2D eigenvalue weighted by atomic mass is 10.3. The smallest absolute Gasteiger partial charge is 0.156 e. The van der Waals surface area contributed by atoms with Gasteiger partial charge in [0.05, 0.1) is 11.9 Å². The second kappa shape index (κ2) is 4.02. The highest BCUT2D eigenvalue weighted by Gasteiger charge is 1.96. The molecule has 72 valence electrons. The molecule has 4 nitrogen and oxygen atoms in total. The van der Waals surface area contributed by atoms with Gasteiger partial charge in [0.1, 0.15) is 5.52 Å². The molecule has 0 aromatic carbocycles. The lowest BCUT2D eigenvalue weighted by molar-refractivity contribution is 1.01. The minimum Gasteiger partial charge on any atom is -0.345 e. The van der Waals surface area contributed by atoms with Crippen molar-refractivity contribution in [2.45, 2.75) is 6.42 Å². The van der Waals surface area contributed by atoms with Crippen molar-refractivity contribution in [2.24, 2.45) is 5.73 Å². The van der Waals surface area contributed by atoms with Crippen LogP contribution in [-0.4, -0.2) is 21.5 Å². The molecular formula is C10H12N4. The maximum absolute atomic E-state index is 5.37. The van der Waals surface area contributed by atoms with Crippen molar-refractivity contribution < 1.29 is 0 Å². The predicted molar refractivity (Wildman–Crippen MR) is 56.6 cm³/mol. The Bertz CT molecular complexity index is 444. The quantitative estimate of drug-likeness (QED) is 0.763. The number of nitrogens with zero attached hydrogens (tertiary/aromatic N) is 2. The first-order valence-corrected chi connectivity index (χ1v) is 4.57. The maximum atomic E-state index is 5.37. The van der Waals surface area contributed by atoms with Crippen molar-refractivity contribution in [3.63, 3.8) is 0 Å². The summed E-state index contributed by atoms with van der Waals surface area (Å²) >= 11 is 0. The van der Waals surface area contributed by atoms with Gasteiger partial charge in [-0.1, -0.05) is 6.08 Å². The molecule has 2 heterocycles. The molecule has 0 aliphatic carbocycles. The molecule has 2 aromatic rings. The first-order valence-electron chi connectivity index (χ1n) is 4.57. The van der Waals surface area contributed by atoms with E-state index in [2.05, 4.69) is 15.0 Å². The molecule has 0 saturated carbocycles. The lowest BCUT2D eigenvalue weighted by Crippen LogP contribution is -1.95. The summed E-state index contributed by atoms with van der Waals surface area (Å²) in [5.41, 5.74) is 7.95. The SMILES string of the molecule is NCCC=Cc1cnc2[nH]ccc2n1. The van der Waals surface area contributed by atoms with Crippen molar-refractivity contribution in [3.05, 3.63) is 30.2 Å². The molecule has 0 amide bonds. The lowest BCUT2D eigenvalue weighted by Gasteiger charge is -1.92. The summed E-state index contributed by atoms with van der Waals surface area (Å²) < 4.78 is 0. The van der Waals surface area contributed by atoms with Crippen molar-refractivity contribution in [1.82, 2.24) is 15.0 Å². The Hall–Kier alpha value is -1.68. The van der Waals surface area contributed by atoms with Crippen LogP contribution in [0.3, 0.4) is 0 Å². The fourth-order valence-corrected chi connectivity index (χ4v) is 1.23. The van der Waals surface area contributed by atoms with Crippen molar-refractivity contribution >= 4 is 17.2 Å². The predicted octanol–water partition coefficient (Wildman–Crippen LogP) is 1.32. The highest BCUT2D eigenvalue weighted by atomic mass is 14.9. The van der Waals surface area contributed by atoms with E-state index in [0.29, 0.717) is 6.54 Å². The molecular weight excluding hydrogens is 176 g/mol. The first kappa shape index (κ1) is 8.90. The van der Waals surface area contributed by atoms with Crippen LogP contribution < -0.4 is 5.73 Å². The van der Waals surface area contributed by atoms with E-state index in [1.165, 1.54) is 0 Å². The van der Waals surface area contributed by atoms with Gasteiger partial charge in [0.2, 0.25) is 0 Å². The number of hydrogen-bond donors (Lipinski definition) is 2. The number of nitrogens with one attached hydrogen (secondary N) is 1. The molecule has 0 spiro atoms. The summed E-state index contributed by atoms with van der Waals surface area (Å²) in [6.45, 7) is 0.663. The number of nitrogens with two attached hydrogens (primary N) is 1. The molecule has 0 radical (unpaired) electrons. The topological polar surface area (TPSA) is 67.6 Å². The Labute approximate surface area is 81.9 Å². The van der Waals surface area contributed by atoms with Crippen LogP contribution in [0.15, 0.2) is 24.5 Å². The highest BCUT2D eigenvalue weighted by Crippen LogP contribution is 2.07. The fraction of sp³-hybridized carbons (Fsp3) is 0.200. The second-order valence-corrected chi connectivity index (χ2v) is 2.99. The van der Waals surface area contributed by atoms with Gasteiger partial charge in [-0.15, -0.1) is 0 Å². The Morgan fingerprint density at radius 1 is 1.50 bits per heavy atom. The number of H-pyrrole nitrogens is 1. The zero-order valence-corrected chi connectivity index (χ0v) is 7.77. The van der Waals surface area contributed by atoms with Crippen LogP contribution in [-0.2, 0) is 0 Å². The van der Waals surface area contributed by atoms with Crippen LogP contribution in [0.1, 0.15) is 12.1 Å². The summed E-state index contributed by atoms with van der Waals surface area (Å²) in [6, 6.07) is 1.91. The van der Waals surface area contributed by atoms with E-state index in [1.807, 2.05) is 24.4 Å². The minimum atomic E-state index is 0.663. The average molecular weight is 188 g/mol. The molecule has 0 saturated heterocycles. The summed E-state index contributed by atoms with van der Waals surface area (Å²) in [4.78, 5) is 11.6. The van der Waals surface area contributed by atoms with Crippen LogP contribution >= 0.6 is 0 Å². The zero-order chi connectivity index (χ0) is 9.80. The van der Waals surface area contributed by atoms with Gasteiger partial charge in [-0.3, -0.25) is 0 Å². The number of hydrogen-bond acceptors (Lipinski definition) is 3. The molecule has 0 fully saturated rings. The molecule has 0 unspecified atom stereocenters. The first-order chi connectivity index (χ1) is 6.90. The van der Waals surface area contributed by atoms with Crippen molar-refractivity contribution in [3.8, 4) is 0 Å². The highest BCUT2D eigenvalue weighted by molar-refractivity contribution is 5.71. The van der Waals surface area contributed by atoms with Gasteiger partial charge in [0.15, 0.2) is 5.65 Å². The summed E-state index contributed by atoms with van der Waals surface area (Å²) in [5.74, 6) is 0. The van der Waals surface area contributed by atoms with Gasteiger partial charge in [-0.05, 0) is 25.1 Å². The van der Waals surface area contributed by atoms with Gasteiger partial charge in [-0.2, -0.15) is 0 Å². The zero-order valence-electron chi connectivity index (χ0n) is 7.77. The third-order valence-corrected chi connectivity index (χ3v) is 1.90. The number of rotatable bonds is 3. The monoisotopic (exact) mass is 188 g/mol. The van der Waals surface area contributed by atoms with E-state index in [1.54, 1.807) is 6.20 Å². The van der Waals surface area contributed by atoms with Crippen LogP contribution in [0, 0.1) is 0 Å². The normalized spacial score (nSPS) is 11.5. The summed E-state index contributed by atoms with van der Waals surface area (Å²) in [7, 11) is 0. The minimum absolute atomic E-state index is 0.663. The van der Waals surface area contributed by atoms with Crippen LogP contribution in [0.5, 0.6) is 0 Å². The van der Waals surface area contributed by atoms with Crippen LogP contribution in [0.4, 0.5) is 0 Å². The Kier molecular flexibility index (Phi) is 2.55. The van der Waals surface area contributed by atoms with Crippen molar-refractivity contribution in [1.29, 1.82) is 0 Å². The van der Waals surface area contributed by atoms with E-state index in [9.17, 15) is 0 Å². The molecule has 14 heavy (non-hydrogen) atoms. The summed E-state index contributed by atoms with van der Waals surface area (Å²) in [5, 5.41) is 0. The Morgan fingerprint density at radius 3 is 3.29 bits per heavy atom. The van der Waals surface area contributed by atoms with Gasteiger partial charge in [-0.25, -0.2) is 9.97 Å². The molecule has 0 bridgehead atoms. The van der Waals surface area contributed by atoms with E-state index in [-0.39, 0.29) is 0 Å². The van der Waals surface area contributed by atoms with E-state index in [4.69, 9.17) is 5.73 Å². The molecule has 3 N–H and O–H groups in total. The molecule has 0 atom stereocenters. The maximum Gasteiger partial charge on any atom is 0.156 e. The third-order valence-electron chi connectivity index (χ3n) is 1.90. The van der Waals surface area contributed by atoms with Gasteiger partial charge in [0.25, 0.3) is 0 Å². The van der Waals surface area contributed by atoms with Crippen LogP contribution in [0.2, 0.25) is 0 Å². The fourth-order valence-electron chi connectivity index (χ4n) is 1.23. The van der Waals surface area contributed by atoms with Crippen LogP contribution in [0.25, 0.3) is 17.2 Å². The molecule has 0 aliphatic heterocycles. The number of aromatic amines is 1. The van der Waals surface area contributed by atoms with E-state index >= 15 is 0 Å². The Balaban J connectivity index is 2.25. The number of aromatic nitrogens is 3. The molecule has 2 rings (SSSR count). The summed E-state index contributed by atoms with van der Waals surface area (Å²) in [6.07, 6.45) is 8.38. The average Bonchev–Trinajstić information content (AvgIpc) is 2.65. The third kappa shape index (κ3) is 1.80. The second-order valence-electron chi connectivity index (χ2n) is 2.99. The molecule has 4 heteroatoms. The largest absolute Gasteiger partial charge is 0.345 e. The van der Waals surface area contributed by atoms with Gasteiger partial charge in [0, 0.05) is 6.20 Å². The van der Waals surface area contributed by atoms with E-state index in [0.717, 1.165) is 23.3 Å². The number of fused-ring (bicyclic) bond motifs is 1. The van der Waals surface area contributed by atoms with Gasteiger partial charge < -0.3 is 10.7 Å². The van der Waals surface area contributed by atoms with Crippen molar-refractivity contribution in [2.75, 3.05) is 6.54 Å². The Morgan fingerprint density at radius 2 is 2.43 bits per heavy atom. The van der Waals surface area contributed by atoms with Gasteiger partial charge >= 0.3 is 0 Å². The standard InChI is InChI=1S/C10H12N4/c11-5-2-1-3-8-7-13-10-9(14-8)4-6-12-10/h1,3-4,6-7H,2,5,11H2,(H,12,13). The molecule has 0 aliphatic rings.